The standard InChI is InChI=1S/C20H29N5O3S/c1-15-7-8-16(2)17(14-15)29(27,28)22-12-10-20(26)21-11-9-19-24-23-18-6-4-3-5-13-25(18)19/h7-8,14,22H,3-6,9-13H2,1-2H3,(H,21,26). The number of sulfonamides is 1. The van der Waals surface area contributed by atoms with Crippen molar-refractivity contribution in [1.82, 2.24) is 24.8 Å². The van der Waals surface area contributed by atoms with E-state index in [2.05, 4.69) is 24.8 Å². The van der Waals surface area contributed by atoms with Crippen LogP contribution in [0.1, 0.15) is 48.5 Å². The molecule has 0 atom stereocenters. The summed E-state index contributed by atoms with van der Waals surface area (Å²) in [6, 6.07) is 5.29. The lowest BCUT2D eigenvalue weighted by atomic mass is 10.2. The van der Waals surface area contributed by atoms with Crippen LogP contribution in [0, 0.1) is 13.8 Å². The maximum absolute atomic E-state index is 12.5. The average Bonchev–Trinajstić information content (AvgIpc) is 2.90. The molecule has 158 valence electrons. The molecule has 0 radical (unpaired) electrons. The van der Waals surface area contributed by atoms with Crippen LogP contribution >= 0.6 is 0 Å². The largest absolute Gasteiger partial charge is 0.356 e. The van der Waals surface area contributed by atoms with Gasteiger partial charge in [-0.2, -0.15) is 0 Å². The first-order chi connectivity index (χ1) is 13.9. The van der Waals surface area contributed by atoms with E-state index in [4.69, 9.17) is 0 Å². The zero-order chi connectivity index (χ0) is 20.9. The molecule has 0 fully saturated rings. The van der Waals surface area contributed by atoms with Crippen LogP contribution in [0.25, 0.3) is 0 Å². The number of nitrogens with one attached hydrogen (secondary N) is 2. The summed E-state index contributed by atoms with van der Waals surface area (Å²) in [4.78, 5) is 12.3. The number of hydrogen-bond acceptors (Lipinski definition) is 5. The third-order valence-corrected chi connectivity index (χ3v) is 6.74. The van der Waals surface area contributed by atoms with E-state index in [0.29, 0.717) is 18.5 Å². The van der Waals surface area contributed by atoms with E-state index in [1.807, 2.05) is 13.0 Å². The molecule has 1 aromatic heterocycles. The smallest absolute Gasteiger partial charge is 0.240 e. The summed E-state index contributed by atoms with van der Waals surface area (Å²) in [5.74, 6) is 1.74. The molecule has 8 nitrogen and oxygen atoms in total. The maximum atomic E-state index is 12.5. The van der Waals surface area contributed by atoms with Gasteiger partial charge in [-0.25, -0.2) is 13.1 Å². The molecule has 2 heterocycles. The lowest BCUT2D eigenvalue weighted by Crippen LogP contribution is -2.32. The van der Waals surface area contributed by atoms with Gasteiger partial charge in [0.1, 0.15) is 11.6 Å². The monoisotopic (exact) mass is 419 g/mol. The minimum Gasteiger partial charge on any atom is -0.356 e. The van der Waals surface area contributed by atoms with Crippen molar-refractivity contribution < 1.29 is 13.2 Å². The van der Waals surface area contributed by atoms with Crippen molar-refractivity contribution in [2.24, 2.45) is 0 Å². The van der Waals surface area contributed by atoms with Crippen LogP contribution < -0.4 is 10.0 Å². The van der Waals surface area contributed by atoms with Gasteiger partial charge in [0, 0.05) is 38.9 Å². The number of carbonyl (C=O) groups is 1. The summed E-state index contributed by atoms with van der Waals surface area (Å²) >= 11 is 0. The second kappa shape index (κ2) is 9.49. The van der Waals surface area contributed by atoms with Crippen LogP contribution in [0.5, 0.6) is 0 Å². The molecule has 2 aromatic rings. The van der Waals surface area contributed by atoms with Crippen molar-refractivity contribution in [3.63, 3.8) is 0 Å². The number of aromatic nitrogens is 3. The molecule has 1 aromatic carbocycles. The second-order valence-electron chi connectivity index (χ2n) is 7.51. The fourth-order valence-electron chi connectivity index (χ4n) is 3.51. The highest BCUT2D eigenvalue weighted by molar-refractivity contribution is 7.89. The van der Waals surface area contributed by atoms with Gasteiger partial charge in [-0.3, -0.25) is 4.79 Å². The van der Waals surface area contributed by atoms with Crippen molar-refractivity contribution >= 4 is 15.9 Å². The summed E-state index contributed by atoms with van der Waals surface area (Å²) in [6.45, 7) is 5.06. The van der Waals surface area contributed by atoms with Gasteiger partial charge in [-0.1, -0.05) is 18.6 Å². The quantitative estimate of drug-likeness (QED) is 0.677. The van der Waals surface area contributed by atoms with E-state index in [9.17, 15) is 13.2 Å². The van der Waals surface area contributed by atoms with Crippen molar-refractivity contribution in [3.05, 3.63) is 41.0 Å². The molecule has 29 heavy (non-hydrogen) atoms. The molecule has 1 aliphatic heterocycles. The SMILES string of the molecule is Cc1ccc(C)c(S(=O)(=O)NCCC(=O)NCCc2nnc3n2CCCCC3)c1. The van der Waals surface area contributed by atoms with Crippen LogP contribution in [0.15, 0.2) is 23.1 Å². The third-order valence-electron chi connectivity index (χ3n) is 5.13. The molecule has 0 saturated carbocycles. The van der Waals surface area contributed by atoms with Crippen LogP contribution in [0.2, 0.25) is 0 Å². The predicted molar refractivity (Wildman–Crippen MR) is 110 cm³/mol. The molecule has 2 N–H and O–H groups in total. The molecule has 0 unspecified atom stereocenters. The van der Waals surface area contributed by atoms with E-state index in [0.717, 1.165) is 43.0 Å². The molecule has 0 aliphatic carbocycles. The number of aryl methyl sites for hydroxylation is 3. The number of carbonyl (C=O) groups excluding carboxylic acids is 1. The number of hydrogen-bond donors (Lipinski definition) is 2. The first-order valence-corrected chi connectivity index (χ1v) is 11.6. The highest BCUT2D eigenvalue weighted by Gasteiger charge is 2.17. The molecule has 1 amide bonds. The minimum atomic E-state index is -3.63. The molecular weight excluding hydrogens is 390 g/mol. The maximum Gasteiger partial charge on any atom is 0.240 e. The topological polar surface area (TPSA) is 106 Å². The Morgan fingerprint density at radius 3 is 2.79 bits per heavy atom. The van der Waals surface area contributed by atoms with Crippen molar-refractivity contribution in [3.8, 4) is 0 Å². The highest BCUT2D eigenvalue weighted by atomic mass is 32.2. The third kappa shape index (κ3) is 5.63. The van der Waals surface area contributed by atoms with E-state index in [-0.39, 0.29) is 23.8 Å². The summed E-state index contributed by atoms with van der Waals surface area (Å²) in [5, 5.41) is 11.3. The van der Waals surface area contributed by atoms with Crippen LogP contribution in [-0.4, -0.2) is 42.2 Å². The summed E-state index contributed by atoms with van der Waals surface area (Å²) < 4.78 is 29.6. The number of fused-ring (bicyclic) bond motifs is 1. The molecule has 3 rings (SSSR count). The van der Waals surface area contributed by atoms with Crippen molar-refractivity contribution in [1.29, 1.82) is 0 Å². The van der Waals surface area contributed by atoms with Crippen molar-refractivity contribution in [2.45, 2.75) is 63.8 Å². The number of rotatable bonds is 8. The van der Waals surface area contributed by atoms with Gasteiger partial charge in [0.05, 0.1) is 4.90 Å². The molecule has 1 aliphatic rings. The predicted octanol–water partition coefficient (Wildman–Crippen LogP) is 1.65. The van der Waals surface area contributed by atoms with Gasteiger partial charge in [-0.05, 0) is 43.9 Å². The fraction of sp³-hybridized carbons (Fsp3) is 0.550. The Bertz CT molecular complexity index is 968. The van der Waals surface area contributed by atoms with Crippen LogP contribution in [-0.2, 0) is 34.2 Å². The first kappa shape index (κ1) is 21.4. The van der Waals surface area contributed by atoms with E-state index < -0.39 is 10.0 Å². The summed E-state index contributed by atoms with van der Waals surface area (Å²) in [7, 11) is -3.63. The Morgan fingerprint density at radius 2 is 1.97 bits per heavy atom. The zero-order valence-corrected chi connectivity index (χ0v) is 17.9. The second-order valence-corrected chi connectivity index (χ2v) is 9.25. The molecular formula is C20H29N5O3S. The molecule has 0 saturated heterocycles. The van der Waals surface area contributed by atoms with Crippen LogP contribution in [0.3, 0.4) is 0 Å². The van der Waals surface area contributed by atoms with E-state index >= 15 is 0 Å². The van der Waals surface area contributed by atoms with E-state index in [1.165, 1.54) is 6.42 Å². The molecule has 9 heteroatoms. The Kier molecular flexibility index (Phi) is 7.02. The van der Waals surface area contributed by atoms with Gasteiger partial charge < -0.3 is 9.88 Å². The first-order valence-electron chi connectivity index (χ1n) is 10.1. The van der Waals surface area contributed by atoms with Crippen molar-refractivity contribution in [2.75, 3.05) is 13.1 Å². The molecule has 0 spiro atoms. The highest BCUT2D eigenvalue weighted by Crippen LogP contribution is 2.16. The van der Waals surface area contributed by atoms with Crippen LogP contribution in [0.4, 0.5) is 0 Å². The van der Waals surface area contributed by atoms with Gasteiger partial charge in [0.2, 0.25) is 15.9 Å². The van der Waals surface area contributed by atoms with E-state index in [1.54, 1.807) is 19.1 Å². The van der Waals surface area contributed by atoms with Gasteiger partial charge in [0.15, 0.2) is 0 Å². The summed E-state index contributed by atoms with van der Waals surface area (Å²) in [6.07, 6.45) is 5.14. The Hall–Kier alpha value is -2.26. The lowest BCUT2D eigenvalue weighted by molar-refractivity contribution is -0.120. The van der Waals surface area contributed by atoms with Gasteiger partial charge >= 0.3 is 0 Å². The Labute approximate surface area is 172 Å². The average molecular weight is 420 g/mol. The summed E-state index contributed by atoms with van der Waals surface area (Å²) in [5.41, 5.74) is 1.56. The number of benzene rings is 1. The number of nitrogens with zero attached hydrogens (tertiary/aromatic N) is 3. The lowest BCUT2D eigenvalue weighted by Gasteiger charge is -2.10. The normalized spacial score (nSPS) is 14.3. The van der Waals surface area contributed by atoms with Gasteiger partial charge in [0.25, 0.3) is 0 Å². The van der Waals surface area contributed by atoms with Gasteiger partial charge in [-0.15, -0.1) is 10.2 Å². The minimum absolute atomic E-state index is 0.0574. The Balaban J connectivity index is 1.44. The number of amides is 1. The Morgan fingerprint density at radius 1 is 1.14 bits per heavy atom. The fourth-order valence-corrected chi connectivity index (χ4v) is 4.87. The molecule has 0 bridgehead atoms. The zero-order valence-electron chi connectivity index (χ0n) is 17.1.